The zero-order chi connectivity index (χ0) is 23.5. The first-order valence-corrected chi connectivity index (χ1v) is 10.7. The van der Waals surface area contributed by atoms with E-state index in [9.17, 15) is 19.5 Å². The molecule has 0 saturated carbocycles. The molecule has 0 bridgehead atoms. The standard InChI is InChI=1S/C25H28N2O5/c1-12-7-9-15(10-8-12)18-16-11-13(2)27-20(16)19(26-22(28)23(27)29)14(3)17(18)21(24(30)31)32-25(4,5)6/h7-10,13,21H,11H2,1-6H3,(H,26,28)(H,30,31)/t13?,21-/m0/s1. The van der Waals surface area contributed by atoms with Crippen molar-refractivity contribution in [2.45, 2.75) is 65.7 Å². The molecule has 0 spiro atoms. The molecule has 0 amide bonds. The number of aromatic amines is 1. The monoisotopic (exact) mass is 436 g/mol. The first-order valence-electron chi connectivity index (χ1n) is 10.7. The third-order valence-electron chi connectivity index (χ3n) is 6.00. The van der Waals surface area contributed by atoms with E-state index in [1.165, 1.54) is 0 Å². The number of aromatic nitrogens is 2. The minimum Gasteiger partial charge on any atom is -0.479 e. The Bertz CT molecular complexity index is 1360. The van der Waals surface area contributed by atoms with Crippen molar-refractivity contribution in [2.75, 3.05) is 0 Å². The van der Waals surface area contributed by atoms with Crippen molar-refractivity contribution in [3.63, 3.8) is 0 Å². The van der Waals surface area contributed by atoms with E-state index >= 15 is 0 Å². The van der Waals surface area contributed by atoms with Crippen LogP contribution in [0.5, 0.6) is 0 Å². The van der Waals surface area contributed by atoms with Crippen LogP contribution in [0.25, 0.3) is 22.2 Å². The predicted molar refractivity (Wildman–Crippen MR) is 123 cm³/mol. The van der Waals surface area contributed by atoms with Gasteiger partial charge in [0.15, 0.2) is 6.10 Å². The lowest BCUT2D eigenvalue weighted by Crippen LogP contribution is -2.36. The number of hydrogen-bond acceptors (Lipinski definition) is 4. The molecule has 32 heavy (non-hydrogen) atoms. The average molecular weight is 437 g/mol. The van der Waals surface area contributed by atoms with Gasteiger partial charge in [-0.3, -0.25) is 14.2 Å². The van der Waals surface area contributed by atoms with Gasteiger partial charge in [-0.2, -0.15) is 0 Å². The molecule has 4 rings (SSSR count). The van der Waals surface area contributed by atoms with Crippen molar-refractivity contribution < 1.29 is 14.6 Å². The molecule has 168 valence electrons. The van der Waals surface area contributed by atoms with Gasteiger partial charge in [0.25, 0.3) is 0 Å². The quantitative estimate of drug-likeness (QED) is 0.601. The molecule has 3 aromatic rings. The lowest BCUT2D eigenvalue weighted by molar-refractivity contribution is -0.160. The number of carboxylic acids is 1. The Kier molecular flexibility index (Phi) is 5.12. The third-order valence-corrected chi connectivity index (χ3v) is 6.00. The summed E-state index contributed by atoms with van der Waals surface area (Å²) in [6.07, 6.45) is -0.729. The van der Waals surface area contributed by atoms with Gasteiger partial charge in [0.05, 0.1) is 16.6 Å². The van der Waals surface area contributed by atoms with Gasteiger partial charge in [0, 0.05) is 11.6 Å². The minimum atomic E-state index is -1.24. The summed E-state index contributed by atoms with van der Waals surface area (Å²) < 4.78 is 7.58. The summed E-state index contributed by atoms with van der Waals surface area (Å²) in [6.45, 7) is 11.1. The number of nitrogens with one attached hydrogen (secondary N) is 1. The highest BCUT2D eigenvalue weighted by molar-refractivity contribution is 5.95. The zero-order valence-electron chi connectivity index (χ0n) is 19.2. The van der Waals surface area contributed by atoms with Gasteiger partial charge in [-0.25, -0.2) is 4.79 Å². The van der Waals surface area contributed by atoms with E-state index in [-0.39, 0.29) is 6.04 Å². The summed E-state index contributed by atoms with van der Waals surface area (Å²) in [5.74, 6) is -1.11. The molecule has 0 aliphatic carbocycles. The molecule has 1 aromatic heterocycles. The molecule has 2 heterocycles. The maximum Gasteiger partial charge on any atom is 0.337 e. The first kappa shape index (κ1) is 22.0. The Morgan fingerprint density at radius 1 is 1.19 bits per heavy atom. The minimum absolute atomic E-state index is 0.215. The fraction of sp³-hybridized carbons (Fsp3) is 0.400. The number of carboxylic acid groups (broad SMARTS) is 1. The maximum atomic E-state index is 12.7. The van der Waals surface area contributed by atoms with Crippen LogP contribution < -0.4 is 11.1 Å². The van der Waals surface area contributed by atoms with Crippen LogP contribution in [0.15, 0.2) is 33.9 Å². The SMILES string of the molecule is Cc1ccc(-c2c([C@H](OC(C)(C)C)C(=O)O)c(C)c3[nH]c(=O)c(=O)n4c3c2CC4C)cc1. The van der Waals surface area contributed by atoms with Gasteiger partial charge in [-0.1, -0.05) is 29.8 Å². The van der Waals surface area contributed by atoms with Crippen LogP contribution in [0.4, 0.5) is 0 Å². The Hall–Kier alpha value is -3.19. The number of rotatable bonds is 4. The van der Waals surface area contributed by atoms with Gasteiger partial charge in [-0.15, -0.1) is 0 Å². The summed E-state index contributed by atoms with van der Waals surface area (Å²) in [4.78, 5) is 40.3. The second-order valence-electron chi connectivity index (χ2n) is 9.61. The van der Waals surface area contributed by atoms with Crippen molar-refractivity contribution in [3.05, 3.63) is 67.2 Å². The van der Waals surface area contributed by atoms with E-state index in [0.717, 1.165) is 22.3 Å². The summed E-state index contributed by atoms with van der Waals surface area (Å²) in [7, 11) is 0. The summed E-state index contributed by atoms with van der Waals surface area (Å²) in [5, 5.41) is 10.2. The molecule has 1 aliphatic heterocycles. The van der Waals surface area contributed by atoms with Crippen molar-refractivity contribution in [1.29, 1.82) is 0 Å². The first-order chi connectivity index (χ1) is 14.9. The predicted octanol–water partition coefficient (Wildman–Crippen LogP) is 4.03. The average Bonchev–Trinajstić information content (AvgIpc) is 3.03. The van der Waals surface area contributed by atoms with Gasteiger partial charge in [-0.05, 0) is 70.2 Å². The summed E-state index contributed by atoms with van der Waals surface area (Å²) in [6, 6.07) is 7.66. The third kappa shape index (κ3) is 3.46. The lowest BCUT2D eigenvalue weighted by Gasteiger charge is -2.29. The van der Waals surface area contributed by atoms with Gasteiger partial charge >= 0.3 is 17.1 Å². The van der Waals surface area contributed by atoms with Crippen molar-refractivity contribution in [1.82, 2.24) is 9.55 Å². The highest BCUT2D eigenvalue weighted by Gasteiger charge is 2.36. The molecule has 2 atom stereocenters. The van der Waals surface area contributed by atoms with E-state index in [1.807, 2.05) is 58.9 Å². The van der Waals surface area contributed by atoms with Crippen LogP contribution in [0.2, 0.25) is 0 Å². The van der Waals surface area contributed by atoms with E-state index in [2.05, 4.69) is 4.98 Å². The number of benzene rings is 2. The summed E-state index contributed by atoms with van der Waals surface area (Å²) >= 11 is 0. The lowest BCUT2D eigenvalue weighted by atomic mass is 9.85. The fourth-order valence-electron chi connectivity index (χ4n) is 4.70. The Morgan fingerprint density at radius 3 is 2.38 bits per heavy atom. The largest absolute Gasteiger partial charge is 0.479 e. The number of aryl methyl sites for hydroxylation is 2. The topological polar surface area (TPSA) is 101 Å². The molecule has 1 aliphatic rings. The molecular weight excluding hydrogens is 408 g/mol. The molecule has 7 nitrogen and oxygen atoms in total. The normalized spacial score (nSPS) is 16.5. The number of ether oxygens (including phenoxy) is 1. The summed E-state index contributed by atoms with van der Waals surface area (Å²) in [5.41, 5.74) is 3.80. The van der Waals surface area contributed by atoms with Crippen molar-refractivity contribution >= 4 is 17.0 Å². The second kappa shape index (κ2) is 7.45. The van der Waals surface area contributed by atoms with Crippen molar-refractivity contribution in [3.8, 4) is 11.1 Å². The zero-order valence-corrected chi connectivity index (χ0v) is 19.2. The number of carbonyl (C=O) groups is 1. The number of H-pyrrole nitrogens is 1. The molecular formula is C25H28N2O5. The molecule has 0 saturated heterocycles. The van der Waals surface area contributed by atoms with Crippen molar-refractivity contribution in [2.24, 2.45) is 0 Å². The Labute approximate surface area is 185 Å². The molecule has 7 heteroatoms. The van der Waals surface area contributed by atoms with E-state index in [0.29, 0.717) is 28.6 Å². The molecule has 1 unspecified atom stereocenters. The molecule has 0 radical (unpaired) electrons. The van der Waals surface area contributed by atoms with Crippen LogP contribution in [0.1, 0.15) is 62.1 Å². The maximum absolute atomic E-state index is 12.7. The van der Waals surface area contributed by atoms with E-state index < -0.39 is 28.8 Å². The molecule has 2 N–H and O–H groups in total. The van der Waals surface area contributed by atoms with Crippen LogP contribution in [0.3, 0.4) is 0 Å². The number of hydrogen-bond donors (Lipinski definition) is 2. The van der Waals surface area contributed by atoms with E-state index in [4.69, 9.17) is 4.74 Å². The van der Waals surface area contributed by atoms with Crippen LogP contribution in [0, 0.1) is 13.8 Å². The van der Waals surface area contributed by atoms with Gasteiger partial charge < -0.3 is 14.8 Å². The second-order valence-corrected chi connectivity index (χ2v) is 9.61. The number of aliphatic carboxylic acids is 1. The number of nitrogens with zero attached hydrogens (tertiary/aromatic N) is 1. The molecule has 0 fully saturated rings. The highest BCUT2D eigenvalue weighted by Crippen LogP contribution is 2.45. The Balaban J connectivity index is 2.20. The van der Waals surface area contributed by atoms with Crippen LogP contribution in [-0.2, 0) is 16.0 Å². The van der Waals surface area contributed by atoms with Gasteiger partial charge in [0.2, 0.25) is 0 Å². The fourth-order valence-corrected chi connectivity index (χ4v) is 4.70. The molecule has 2 aromatic carbocycles. The highest BCUT2D eigenvalue weighted by atomic mass is 16.5. The van der Waals surface area contributed by atoms with Gasteiger partial charge in [0.1, 0.15) is 0 Å². The smallest absolute Gasteiger partial charge is 0.337 e. The van der Waals surface area contributed by atoms with Crippen LogP contribution >= 0.6 is 0 Å². The van der Waals surface area contributed by atoms with E-state index in [1.54, 1.807) is 11.5 Å². The van der Waals surface area contributed by atoms with Crippen LogP contribution in [-0.4, -0.2) is 26.2 Å². The Morgan fingerprint density at radius 2 is 1.81 bits per heavy atom.